The van der Waals surface area contributed by atoms with E-state index in [0.717, 1.165) is 13.1 Å². The van der Waals surface area contributed by atoms with Gasteiger partial charge in [0.2, 0.25) is 0 Å². The molecule has 1 fully saturated rings. The van der Waals surface area contributed by atoms with E-state index in [1.54, 1.807) is 0 Å². The van der Waals surface area contributed by atoms with E-state index >= 15 is 0 Å². The second-order valence-electron chi connectivity index (χ2n) is 6.30. The third-order valence-electron chi connectivity index (χ3n) is 4.61. The average Bonchev–Trinajstić information content (AvgIpc) is 2.48. The molecule has 0 saturated carbocycles. The second kappa shape index (κ2) is 7.80. The van der Waals surface area contributed by atoms with Gasteiger partial charge in [0.1, 0.15) is 0 Å². The SMILES string of the molecule is CCC[C@H](CN1CCC[C@@H]([C@H](C)O)C1)c1ccccc1. The molecule has 20 heavy (non-hydrogen) atoms. The molecule has 112 valence electrons. The lowest BCUT2D eigenvalue weighted by Crippen LogP contribution is -2.41. The lowest BCUT2D eigenvalue weighted by Gasteiger charge is -2.36. The molecule has 0 amide bonds. The molecule has 2 nitrogen and oxygen atoms in total. The van der Waals surface area contributed by atoms with E-state index in [1.807, 2.05) is 6.92 Å². The fraction of sp³-hybridized carbons (Fsp3) is 0.667. The quantitative estimate of drug-likeness (QED) is 0.856. The van der Waals surface area contributed by atoms with E-state index in [4.69, 9.17) is 0 Å². The Labute approximate surface area is 123 Å². The van der Waals surface area contributed by atoms with Gasteiger partial charge in [-0.2, -0.15) is 0 Å². The summed E-state index contributed by atoms with van der Waals surface area (Å²) in [5, 5.41) is 9.82. The number of aliphatic hydroxyl groups excluding tert-OH is 1. The highest BCUT2D eigenvalue weighted by Crippen LogP contribution is 2.26. The fourth-order valence-electron chi connectivity index (χ4n) is 3.40. The summed E-state index contributed by atoms with van der Waals surface area (Å²) in [5.41, 5.74) is 1.47. The summed E-state index contributed by atoms with van der Waals surface area (Å²) in [6.07, 6.45) is 4.72. The van der Waals surface area contributed by atoms with E-state index in [9.17, 15) is 5.11 Å². The van der Waals surface area contributed by atoms with Crippen molar-refractivity contribution in [2.24, 2.45) is 5.92 Å². The summed E-state index contributed by atoms with van der Waals surface area (Å²) in [4.78, 5) is 2.56. The van der Waals surface area contributed by atoms with Crippen molar-refractivity contribution in [3.63, 3.8) is 0 Å². The molecular weight excluding hydrogens is 246 g/mol. The zero-order valence-electron chi connectivity index (χ0n) is 13.0. The van der Waals surface area contributed by atoms with E-state index in [1.165, 1.54) is 37.8 Å². The highest BCUT2D eigenvalue weighted by atomic mass is 16.3. The normalized spacial score (nSPS) is 23.4. The number of likely N-dealkylation sites (tertiary alicyclic amines) is 1. The van der Waals surface area contributed by atoms with E-state index in [-0.39, 0.29) is 6.10 Å². The zero-order chi connectivity index (χ0) is 14.4. The number of nitrogens with zero attached hydrogens (tertiary/aromatic N) is 1. The van der Waals surface area contributed by atoms with Gasteiger partial charge < -0.3 is 10.0 Å². The molecular formula is C18H29NO. The Morgan fingerprint density at radius 1 is 1.30 bits per heavy atom. The molecule has 1 aromatic rings. The molecule has 0 bridgehead atoms. The van der Waals surface area contributed by atoms with Crippen LogP contribution in [-0.4, -0.2) is 35.7 Å². The number of piperidine rings is 1. The molecule has 2 heteroatoms. The van der Waals surface area contributed by atoms with Crippen molar-refractivity contribution in [3.8, 4) is 0 Å². The van der Waals surface area contributed by atoms with E-state index < -0.39 is 0 Å². The van der Waals surface area contributed by atoms with Crippen LogP contribution in [0, 0.1) is 5.92 Å². The molecule has 2 rings (SSSR count). The minimum absolute atomic E-state index is 0.167. The summed E-state index contributed by atoms with van der Waals surface area (Å²) in [6, 6.07) is 10.9. The first-order valence-electron chi connectivity index (χ1n) is 8.16. The van der Waals surface area contributed by atoms with Gasteiger partial charge in [0, 0.05) is 13.1 Å². The first kappa shape index (κ1) is 15.5. The molecule has 1 N–H and O–H groups in total. The van der Waals surface area contributed by atoms with Gasteiger partial charge >= 0.3 is 0 Å². The fourth-order valence-corrected chi connectivity index (χ4v) is 3.40. The van der Waals surface area contributed by atoms with Gasteiger partial charge in [-0.05, 0) is 50.1 Å². The zero-order valence-corrected chi connectivity index (χ0v) is 13.0. The summed E-state index contributed by atoms with van der Waals surface area (Å²) in [6.45, 7) is 7.60. The maximum absolute atomic E-state index is 9.82. The van der Waals surface area contributed by atoms with Crippen molar-refractivity contribution in [1.29, 1.82) is 0 Å². The van der Waals surface area contributed by atoms with Gasteiger partial charge in [0.25, 0.3) is 0 Å². The van der Waals surface area contributed by atoms with Crippen molar-refractivity contribution in [3.05, 3.63) is 35.9 Å². The number of benzene rings is 1. The van der Waals surface area contributed by atoms with Crippen LogP contribution < -0.4 is 0 Å². The van der Waals surface area contributed by atoms with Crippen LogP contribution in [0.1, 0.15) is 51.0 Å². The first-order valence-corrected chi connectivity index (χ1v) is 8.16. The Bertz CT molecular complexity index is 376. The lowest BCUT2D eigenvalue weighted by atomic mass is 9.90. The maximum atomic E-state index is 9.82. The van der Waals surface area contributed by atoms with Crippen molar-refractivity contribution in [2.75, 3.05) is 19.6 Å². The molecule has 1 aliphatic heterocycles. The minimum atomic E-state index is -0.167. The molecule has 0 radical (unpaired) electrons. The molecule has 0 aliphatic carbocycles. The average molecular weight is 275 g/mol. The highest BCUT2D eigenvalue weighted by Gasteiger charge is 2.25. The molecule has 1 heterocycles. The van der Waals surface area contributed by atoms with Crippen LogP contribution in [0.2, 0.25) is 0 Å². The minimum Gasteiger partial charge on any atom is -0.393 e. The van der Waals surface area contributed by atoms with Crippen LogP contribution in [0.4, 0.5) is 0 Å². The van der Waals surface area contributed by atoms with Crippen molar-refractivity contribution < 1.29 is 5.11 Å². The van der Waals surface area contributed by atoms with Gasteiger partial charge in [0.15, 0.2) is 0 Å². The summed E-state index contributed by atoms with van der Waals surface area (Å²) in [7, 11) is 0. The maximum Gasteiger partial charge on any atom is 0.0552 e. The van der Waals surface area contributed by atoms with Crippen molar-refractivity contribution in [1.82, 2.24) is 4.90 Å². The molecule has 1 aliphatic rings. The lowest BCUT2D eigenvalue weighted by molar-refractivity contribution is 0.0599. The predicted octanol–water partition coefficient (Wildman–Crippen LogP) is 3.66. The van der Waals surface area contributed by atoms with Crippen molar-refractivity contribution >= 4 is 0 Å². The molecule has 1 aromatic carbocycles. The Morgan fingerprint density at radius 2 is 2.05 bits per heavy atom. The summed E-state index contributed by atoms with van der Waals surface area (Å²) >= 11 is 0. The standard InChI is InChI=1S/C18H29NO/c1-3-8-18(16-9-5-4-6-10-16)14-19-12-7-11-17(13-19)15(2)20/h4-6,9-10,15,17-18,20H,3,7-8,11-14H2,1-2H3/t15-,17+,18+/m0/s1. The van der Waals surface area contributed by atoms with Crippen LogP contribution >= 0.6 is 0 Å². The van der Waals surface area contributed by atoms with Gasteiger partial charge in [-0.3, -0.25) is 0 Å². The number of hydrogen-bond acceptors (Lipinski definition) is 2. The summed E-state index contributed by atoms with van der Waals surface area (Å²) < 4.78 is 0. The first-order chi connectivity index (χ1) is 9.70. The second-order valence-corrected chi connectivity index (χ2v) is 6.30. The van der Waals surface area contributed by atoms with Gasteiger partial charge in [-0.25, -0.2) is 0 Å². The Morgan fingerprint density at radius 3 is 2.70 bits per heavy atom. The van der Waals surface area contributed by atoms with Crippen LogP contribution in [0.3, 0.4) is 0 Å². The molecule has 0 unspecified atom stereocenters. The number of rotatable bonds is 6. The van der Waals surface area contributed by atoms with E-state index in [0.29, 0.717) is 11.8 Å². The summed E-state index contributed by atoms with van der Waals surface area (Å²) in [5.74, 6) is 1.09. The monoisotopic (exact) mass is 275 g/mol. The molecule has 3 atom stereocenters. The Hall–Kier alpha value is -0.860. The van der Waals surface area contributed by atoms with Crippen LogP contribution in [0.15, 0.2) is 30.3 Å². The van der Waals surface area contributed by atoms with E-state index in [2.05, 4.69) is 42.2 Å². The highest BCUT2D eigenvalue weighted by molar-refractivity contribution is 5.19. The van der Waals surface area contributed by atoms with Crippen LogP contribution in [-0.2, 0) is 0 Å². The number of hydrogen-bond donors (Lipinski definition) is 1. The smallest absolute Gasteiger partial charge is 0.0552 e. The van der Waals surface area contributed by atoms with Gasteiger partial charge in [0.05, 0.1) is 6.10 Å². The van der Waals surface area contributed by atoms with Gasteiger partial charge in [-0.1, -0.05) is 43.7 Å². The molecule has 0 aromatic heterocycles. The Balaban J connectivity index is 1.97. The van der Waals surface area contributed by atoms with Gasteiger partial charge in [-0.15, -0.1) is 0 Å². The number of aliphatic hydroxyl groups is 1. The third kappa shape index (κ3) is 4.32. The molecule has 0 spiro atoms. The largest absolute Gasteiger partial charge is 0.393 e. The predicted molar refractivity (Wildman–Crippen MR) is 84.9 cm³/mol. The van der Waals surface area contributed by atoms with Crippen molar-refractivity contribution in [2.45, 2.75) is 51.6 Å². The van der Waals surface area contributed by atoms with Crippen LogP contribution in [0.25, 0.3) is 0 Å². The third-order valence-corrected chi connectivity index (χ3v) is 4.61. The topological polar surface area (TPSA) is 23.5 Å². The Kier molecular flexibility index (Phi) is 6.06. The van der Waals surface area contributed by atoms with Crippen LogP contribution in [0.5, 0.6) is 0 Å². The molecule has 1 saturated heterocycles.